The maximum atomic E-state index is 8.72. The maximum Gasteiger partial charge on any atom is 0.0991 e. The fourth-order valence-corrected chi connectivity index (χ4v) is 1.96. The molecule has 0 unspecified atom stereocenters. The molecule has 0 heterocycles. The Morgan fingerprint density at radius 1 is 1.17 bits per heavy atom. The van der Waals surface area contributed by atoms with Crippen LogP contribution in [-0.4, -0.2) is 0 Å². The van der Waals surface area contributed by atoms with Crippen LogP contribution >= 0.6 is 11.6 Å². The number of nitrogens with one attached hydrogen (secondary N) is 1. The SMILES string of the molecule is Cc1ccc(NCc2ccc(C#N)cc2)c(Cl)c1. The monoisotopic (exact) mass is 256 g/mol. The quantitative estimate of drug-likeness (QED) is 0.896. The zero-order valence-corrected chi connectivity index (χ0v) is 10.8. The van der Waals surface area contributed by atoms with Crippen LogP contribution in [0.3, 0.4) is 0 Å². The molecule has 18 heavy (non-hydrogen) atoms. The fourth-order valence-electron chi connectivity index (χ4n) is 1.66. The van der Waals surface area contributed by atoms with Crippen LogP contribution in [0.2, 0.25) is 5.02 Å². The van der Waals surface area contributed by atoms with Gasteiger partial charge in [0.15, 0.2) is 0 Å². The highest BCUT2D eigenvalue weighted by Crippen LogP contribution is 2.23. The van der Waals surface area contributed by atoms with E-state index in [2.05, 4.69) is 11.4 Å². The molecule has 1 N–H and O–H groups in total. The largest absolute Gasteiger partial charge is 0.380 e. The summed E-state index contributed by atoms with van der Waals surface area (Å²) in [6.45, 7) is 2.70. The minimum Gasteiger partial charge on any atom is -0.380 e. The van der Waals surface area contributed by atoms with Gasteiger partial charge in [-0.05, 0) is 42.3 Å². The molecule has 3 heteroatoms. The van der Waals surface area contributed by atoms with Crippen molar-refractivity contribution in [3.8, 4) is 6.07 Å². The normalized spacial score (nSPS) is 9.83. The van der Waals surface area contributed by atoms with Gasteiger partial charge in [0, 0.05) is 6.54 Å². The molecule has 0 aliphatic heterocycles. The van der Waals surface area contributed by atoms with E-state index >= 15 is 0 Å². The molecule has 0 amide bonds. The van der Waals surface area contributed by atoms with Gasteiger partial charge in [-0.3, -0.25) is 0 Å². The average Bonchev–Trinajstić information content (AvgIpc) is 2.38. The summed E-state index contributed by atoms with van der Waals surface area (Å²) >= 11 is 6.14. The minimum atomic E-state index is 0.673. The van der Waals surface area contributed by atoms with Gasteiger partial charge < -0.3 is 5.32 Å². The zero-order valence-electron chi connectivity index (χ0n) is 10.1. The second-order valence-electron chi connectivity index (χ2n) is 4.15. The van der Waals surface area contributed by atoms with Crippen LogP contribution in [0.4, 0.5) is 5.69 Å². The molecule has 0 saturated carbocycles. The molecule has 0 bridgehead atoms. The molecule has 2 aromatic rings. The molecule has 90 valence electrons. The summed E-state index contributed by atoms with van der Waals surface area (Å²) in [7, 11) is 0. The number of rotatable bonds is 3. The Morgan fingerprint density at radius 3 is 2.50 bits per heavy atom. The summed E-state index contributed by atoms with van der Waals surface area (Å²) in [4.78, 5) is 0. The van der Waals surface area contributed by atoms with Crippen LogP contribution in [0.15, 0.2) is 42.5 Å². The molecule has 2 nitrogen and oxygen atoms in total. The molecule has 0 spiro atoms. The van der Waals surface area contributed by atoms with Crippen molar-refractivity contribution in [2.24, 2.45) is 0 Å². The summed E-state index contributed by atoms with van der Waals surface area (Å²) in [5.74, 6) is 0. The lowest BCUT2D eigenvalue weighted by atomic mass is 10.1. The van der Waals surface area contributed by atoms with E-state index in [4.69, 9.17) is 16.9 Å². The fraction of sp³-hybridized carbons (Fsp3) is 0.133. The minimum absolute atomic E-state index is 0.673. The van der Waals surface area contributed by atoms with Gasteiger partial charge >= 0.3 is 0 Å². The summed E-state index contributed by atoms with van der Waals surface area (Å²) in [5.41, 5.74) is 3.85. The van der Waals surface area contributed by atoms with E-state index in [1.165, 1.54) is 0 Å². The lowest BCUT2D eigenvalue weighted by Gasteiger charge is -2.09. The van der Waals surface area contributed by atoms with Crippen LogP contribution in [0.1, 0.15) is 16.7 Å². The van der Waals surface area contributed by atoms with Gasteiger partial charge in [0.2, 0.25) is 0 Å². The van der Waals surface area contributed by atoms with Crippen LogP contribution < -0.4 is 5.32 Å². The van der Waals surface area contributed by atoms with E-state index in [0.29, 0.717) is 12.1 Å². The first-order chi connectivity index (χ1) is 8.69. The third-order valence-corrected chi connectivity index (χ3v) is 3.00. The summed E-state index contributed by atoms with van der Waals surface area (Å²) in [5, 5.41) is 12.7. The molecule has 0 aliphatic rings. The van der Waals surface area contributed by atoms with E-state index in [-0.39, 0.29) is 0 Å². The topological polar surface area (TPSA) is 35.8 Å². The molecule has 0 aromatic heterocycles. The van der Waals surface area contributed by atoms with Crippen molar-refractivity contribution in [1.29, 1.82) is 5.26 Å². The Morgan fingerprint density at radius 2 is 1.89 bits per heavy atom. The number of nitriles is 1. The Kier molecular flexibility index (Phi) is 3.86. The van der Waals surface area contributed by atoms with Gasteiger partial charge in [-0.25, -0.2) is 0 Å². The molecular formula is C15H13ClN2. The number of benzene rings is 2. The predicted molar refractivity (Wildman–Crippen MR) is 74.7 cm³/mol. The number of nitrogens with zero attached hydrogens (tertiary/aromatic N) is 1. The number of aryl methyl sites for hydroxylation is 1. The van der Waals surface area contributed by atoms with Crippen LogP contribution in [0, 0.1) is 18.3 Å². The smallest absolute Gasteiger partial charge is 0.0991 e. The van der Waals surface area contributed by atoms with Crippen molar-refractivity contribution in [3.05, 3.63) is 64.2 Å². The molecule has 2 rings (SSSR count). The van der Waals surface area contributed by atoms with Crippen molar-refractivity contribution in [2.45, 2.75) is 13.5 Å². The second kappa shape index (κ2) is 5.57. The Hall–Kier alpha value is -1.98. The van der Waals surface area contributed by atoms with Gasteiger partial charge in [-0.1, -0.05) is 29.8 Å². The van der Waals surface area contributed by atoms with E-state index in [0.717, 1.165) is 21.8 Å². The maximum absolute atomic E-state index is 8.72. The molecule has 2 aromatic carbocycles. The van der Waals surface area contributed by atoms with Crippen molar-refractivity contribution < 1.29 is 0 Å². The highest BCUT2D eigenvalue weighted by molar-refractivity contribution is 6.33. The highest BCUT2D eigenvalue weighted by Gasteiger charge is 2.00. The molecule has 0 atom stereocenters. The van der Waals surface area contributed by atoms with Gasteiger partial charge in [0.25, 0.3) is 0 Å². The van der Waals surface area contributed by atoms with Gasteiger partial charge in [0.05, 0.1) is 22.3 Å². The van der Waals surface area contributed by atoms with E-state index in [9.17, 15) is 0 Å². The lowest BCUT2D eigenvalue weighted by molar-refractivity contribution is 1.15. The first-order valence-corrected chi connectivity index (χ1v) is 6.06. The molecular weight excluding hydrogens is 244 g/mol. The van der Waals surface area contributed by atoms with Crippen LogP contribution in [0.5, 0.6) is 0 Å². The van der Waals surface area contributed by atoms with Crippen molar-refractivity contribution in [3.63, 3.8) is 0 Å². The third-order valence-electron chi connectivity index (χ3n) is 2.69. The van der Waals surface area contributed by atoms with Crippen molar-refractivity contribution >= 4 is 17.3 Å². The zero-order chi connectivity index (χ0) is 13.0. The Labute approximate surface area is 112 Å². The molecule has 0 aliphatic carbocycles. The number of anilines is 1. The Bertz CT molecular complexity index is 582. The lowest BCUT2D eigenvalue weighted by Crippen LogP contribution is -2.00. The summed E-state index contributed by atoms with van der Waals surface area (Å²) in [6, 6.07) is 15.5. The van der Waals surface area contributed by atoms with Crippen LogP contribution in [-0.2, 0) is 6.54 Å². The molecule has 0 radical (unpaired) electrons. The number of halogens is 1. The van der Waals surface area contributed by atoms with Crippen molar-refractivity contribution in [2.75, 3.05) is 5.32 Å². The van der Waals surface area contributed by atoms with E-state index < -0.39 is 0 Å². The van der Waals surface area contributed by atoms with Crippen LogP contribution in [0.25, 0.3) is 0 Å². The van der Waals surface area contributed by atoms with E-state index in [1.807, 2.05) is 49.4 Å². The average molecular weight is 257 g/mol. The number of hydrogen-bond donors (Lipinski definition) is 1. The summed E-state index contributed by atoms with van der Waals surface area (Å²) < 4.78 is 0. The molecule has 0 fully saturated rings. The highest BCUT2D eigenvalue weighted by atomic mass is 35.5. The third kappa shape index (κ3) is 3.03. The first-order valence-electron chi connectivity index (χ1n) is 5.68. The second-order valence-corrected chi connectivity index (χ2v) is 4.55. The Balaban J connectivity index is 2.04. The van der Waals surface area contributed by atoms with Gasteiger partial charge in [-0.15, -0.1) is 0 Å². The first kappa shape index (κ1) is 12.5. The predicted octanol–water partition coefficient (Wildman–Crippen LogP) is 4.13. The number of hydrogen-bond acceptors (Lipinski definition) is 2. The van der Waals surface area contributed by atoms with Gasteiger partial charge in [-0.2, -0.15) is 5.26 Å². The van der Waals surface area contributed by atoms with Crippen molar-refractivity contribution in [1.82, 2.24) is 0 Å². The standard InChI is InChI=1S/C15H13ClN2/c1-11-2-7-15(14(16)8-11)18-10-13-5-3-12(9-17)4-6-13/h2-8,18H,10H2,1H3. The molecule has 0 saturated heterocycles. The van der Waals surface area contributed by atoms with Gasteiger partial charge in [0.1, 0.15) is 0 Å². The van der Waals surface area contributed by atoms with E-state index in [1.54, 1.807) is 0 Å². The summed E-state index contributed by atoms with van der Waals surface area (Å²) in [6.07, 6.45) is 0.